The lowest BCUT2D eigenvalue weighted by Crippen LogP contribution is -2.47. The number of benzene rings is 1. The summed E-state index contributed by atoms with van der Waals surface area (Å²) in [6.45, 7) is 2.05. The number of carbonyl (C=O) groups excluding carboxylic acids is 2. The molecule has 112 valence electrons. The van der Waals surface area contributed by atoms with E-state index in [1.54, 1.807) is 24.3 Å². The second kappa shape index (κ2) is 5.88. The van der Waals surface area contributed by atoms with Crippen molar-refractivity contribution < 1.29 is 9.59 Å². The quantitative estimate of drug-likeness (QED) is 0.897. The minimum atomic E-state index is -0.390. The predicted octanol–water partition coefficient (Wildman–Crippen LogP) is 2.95. The van der Waals surface area contributed by atoms with Gasteiger partial charge in [0.2, 0.25) is 0 Å². The molecule has 3 amide bonds. The molecule has 0 spiro atoms. The first kappa shape index (κ1) is 14.1. The van der Waals surface area contributed by atoms with Crippen molar-refractivity contribution >= 4 is 11.9 Å². The van der Waals surface area contributed by atoms with Crippen LogP contribution in [0.3, 0.4) is 0 Å². The molecule has 4 unspecified atom stereocenters. The van der Waals surface area contributed by atoms with Gasteiger partial charge in [-0.15, -0.1) is 0 Å². The van der Waals surface area contributed by atoms with Crippen molar-refractivity contribution in [3.8, 4) is 0 Å². The van der Waals surface area contributed by atoms with Gasteiger partial charge in [0.15, 0.2) is 0 Å². The van der Waals surface area contributed by atoms with Gasteiger partial charge in [0, 0.05) is 11.6 Å². The molecule has 21 heavy (non-hydrogen) atoms. The maximum atomic E-state index is 12.0. The van der Waals surface area contributed by atoms with Gasteiger partial charge >= 0.3 is 6.03 Å². The third-order valence-corrected chi connectivity index (χ3v) is 5.06. The van der Waals surface area contributed by atoms with Crippen LogP contribution in [-0.2, 0) is 0 Å². The summed E-state index contributed by atoms with van der Waals surface area (Å²) in [4.78, 5) is 23.9. The molecule has 2 aliphatic rings. The first-order valence-electron chi connectivity index (χ1n) is 7.80. The molecule has 2 fully saturated rings. The number of hydrogen-bond acceptors (Lipinski definition) is 2. The number of rotatable bonds is 3. The van der Waals surface area contributed by atoms with Crippen molar-refractivity contribution in [1.82, 2.24) is 10.6 Å². The van der Waals surface area contributed by atoms with Crippen LogP contribution in [0, 0.1) is 17.8 Å². The summed E-state index contributed by atoms with van der Waals surface area (Å²) in [5.74, 6) is 1.84. The molecule has 2 aliphatic carbocycles. The molecule has 1 aromatic carbocycles. The Morgan fingerprint density at radius 3 is 2.52 bits per heavy atom. The summed E-state index contributed by atoms with van der Waals surface area (Å²) in [5, 5.41) is 5.34. The van der Waals surface area contributed by atoms with E-state index in [4.69, 9.17) is 0 Å². The van der Waals surface area contributed by atoms with Crippen LogP contribution in [0.25, 0.3) is 0 Å². The van der Waals surface area contributed by atoms with Gasteiger partial charge in [-0.2, -0.15) is 0 Å². The standard InChI is InChI=1S/C17H22N2O2/c1-11(15-10-12-7-8-14(15)9-12)18-17(21)19-16(20)13-5-3-2-4-6-13/h2-6,11-12,14-15H,7-10H2,1H3,(H2,18,19,20,21). The third kappa shape index (κ3) is 3.09. The fourth-order valence-corrected chi connectivity index (χ4v) is 4.02. The lowest BCUT2D eigenvalue weighted by atomic mass is 9.84. The Kier molecular flexibility index (Phi) is 3.95. The molecule has 2 N–H and O–H groups in total. The van der Waals surface area contributed by atoms with Crippen molar-refractivity contribution in [3.05, 3.63) is 35.9 Å². The van der Waals surface area contributed by atoms with E-state index in [9.17, 15) is 9.59 Å². The first-order chi connectivity index (χ1) is 10.1. The van der Waals surface area contributed by atoms with Gasteiger partial charge in [-0.05, 0) is 56.1 Å². The second-order valence-corrected chi connectivity index (χ2v) is 6.42. The summed E-state index contributed by atoms with van der Waals surface area (Å²) in [6, 6.07) is 8.54. The van der Waals surface area contributed by atoms with Crippen LogP contribution in [-0.4, -0.2) is 18.0 Å². The molecule has 4 heteroatoms. The molecule has 3 rings (SSSR count). The number of fused-ring (bicyclic) bond motifs is 2. The fourth-order valence-electron chi connectivity index (χ4n) is 4.02. The highest BCUT2D eigenvalue weighted by molar-refractivity contribution is 6.04. The van der Waals surface area contributed by atoms with E-state index in [0.717, 1.165) is 11.8 Å². The van der Waals surface area contributed by atoms with E-state index >= 15 is 0 Å². The number of carbonyl (C=O) groups is 2. The summed E-state index contributed by atoms with van der Waals surface area (Å²) >= 11 is 0. The molecule has 4 nitrogen and oxygen atoms in total. The minimum Gasteiger partial charge on any atom is -0.335 e. The van der Waals surface area contributed by atoms with Crippen LogP contribution < -0.4 is 10.6 Å². The molecule has 0 aromatic heterocycles. The van der Waals surface area contributed by atoms with Crippen molar-refractivity contribution in [3.63, 3.8) is 0 Å². The Bertz CT molecular complexity index is 529. The van der Waals surface area contributed by atoms with Crippen molar-refractivity contribution in [2.75, 3.05) is 0 Å². The lowest BCUT2D eigenvalue weighted by molar-refractivity contribution is 0.0962. The topological polar surface area (TPSA) is 58.2 Å². The van der Waals surface area contributed by atoms with Crippen LogP contribution >= 0.6 is 0 Å². The van der Waals surface area contributed by atoms with E-state index < -0.39 is 0 Å². The molecule has 2 bridgehead atoms. The maximum absolute atomic E-state index is 12.0. The Balaban J connectivity index is 1.51. The number of hydrogen-bond donors (Lipinski definition) is 2. The molecule has 0 aliphatic heterocycles. The zero-order valence-electron chi connectivity index (χ0n) is 12.3. The van der Waals surface area contributed by atoms with Crippen LogP contribution in [0.15, 0.2) is 30.3 Å². The Morgan fingerprint density at radius 1 is 1.14 bits per heavy atom. The van der Waals surface area contributed by atoms with Crippen LogP contribution in [0.2, 0.25) is 0 Å². The maximum Gasteiger partial charge on any atom is 0.321 e. The smallest absolute Gasteiger partial charge is 0.321 e. The van der Waals surface area contributed by atoms with E-state index in [2.05, 4.69) is 17.6 Å². The zero-order valence-corrected chi connectivity index (χ0v) is 12.3. The van der Waals surface area contributed by atoms with Gasteiger partial charge < -0.3 is 5.32 Å². The number of amides is 3. The minimum absolute atomic E-state index is 0.129. The molecule has 4 atom stereocenters. The highest BCUT2D eigenvalue weighted by Crippen LogP contribution is 2.49. The molecular formula is C17H22N2O2. The van der Waals surface area contributed by atoms with Gasteiger partial charge in [-0.25, -0.2) is 4.79 Å². The summed E-state index contributed by atoms with van der Waals surface area (Å²) in [6.07, 6.45) is 5.19. The average molecular weight is 286 g/mol. The van der Waals surface area contributed by atoms with E-state index in [1.165, 1.54) is 25.7 Å². The van der Waals surface area contributed by atoms with Gasteiger partial charge in [0.05, 0.1) is 0 Å². The predicted molar refractivity (Wildman–Crippen MR) is 80.8 cm³/mol. The summed E-state index contributed by atoms with van der Waals surface area (Å²) < 4.78 is 0. The fraction of sp³-hybridized carbons (Fsp3) is 0.529. The van der Waals surface area contributed by atoms with E-state index in [0.29, 0.717) is 11.5 Å². The number of imide groups is 1. The van der Waals surface area contributed by atoms with Gasteiger partial charge in [0.25, 0.3) is 5.91 Å². The third-order valence-electron chi connectivity index (χ3n) is 5.06. The lowest BCUT2D eigenvalue weighted by Gasteiger charge is -2.28. The molecule has 0 heterocycles. The van der Waals surface area contributed by atoms with Crippen molar-refractivity contribution in [1.29, 1.82) is 0 Å². The van der Waals surface area contributed by atoms with Gasteiger partial charge in [0.1, 0.15) is 0 Å². The second-order valence-electron chi connectivity index (χ2n) is 6.42. The van der Waals surface area contributed by atoms with E-state index in [-0.39, 0.29) is 18.0 Å². The molecular weight excluding hydrogens is 264 g/mol. The van der Waals surface area contributed by atoms with Crippen LogP contribution in [0.1, 0.15) is 43.0 Å². The summed E-state index contributed by atoms with van der Waals surface area (Å²) in [7, 11) is 0. The highest BCUT2D eigenvalue weighted by Gasteiger charge is 2.42. The summed E-state index contributed by atoms with van der Waals surface area (Å²) in [5.41, 5.74) is 0.500. The molecule has 0 radical (unpaired) electrons. The van der Waals surface area contributed by atoms with E-state index in [1.807, 2.05) is 6.07 Å². The number of nitrogens with one attached hydrogen (secondary N) is 2. The monoisotopic (exact) mass is 286 g/mol. The first-order valence-corrected chi connectivity index (χ1v) is 7.80. The van der Waals surface area contributed by atoms with Crippen LogP contribution in [0.4, 0.5) is 4.79 Å². The Labute approximate surface area is 125 Å². The number of urea groups is 1. The van der Waals surface area contributed by atoms with Crippen LogP contribution in [0.5, 0.6) is 0 Å². The average Bonchev–Trinajstić information content (AvgIpc) is 3.10. The molecule has 2 saturated carbocycles. The van der Waals surface area contributed by atoms with Gasteiger partial charge in [-0.3, -0.25) is 10.1 Å². The SMILES string of the molecule is CC(NC(=O)NC(=O)c1ccccc1)C1CC2CCC1C2. The molecule has 1 aromatic rings. The zero-order chi connectivity index (χ0) is 14.8. The van der Waals surface area contributed by atoms with Crippen molar-refractivity contribution in [2.24, 2.45) is 17.8 Å². The Morgan fingerprint density at radius 2 is 1.90 bits per heavy atom. The van der Waals surface area contributed by atoms with Crippen molar-refractivity contribution in [2.45, 2.75) is 38.6 Å². The largest absolute Gasteiger partial charge is 0.335 e. The highest BCUT2D eigenvalue weighted by atomic mass is 16.2. The normalized spacial score (nSPS) is 28.1. The molecule has 0 saturated heterocycles. The van der Waals surface area contributed by atoms with Gasteiger partial charge in [-0.1, -0.05) is 24.6 Å². The Hall–Kier alpha value is -1.84.